The average Bonchev–Trinajstić information content (AvgIpc) is 3.25. The van der Waals surface area contributed by atoms with Crippen molar-refractivity contribution in [2.45, 2.75) is 29.7 Å². The van der Waals surface area contributed by atoms with E-state index in [1.165, 1.54) is 23.5 Å². The number of hydrogen-bond acceptors (Lipinski definition) is 5. The van der Waals surface area contributed by atoms with E-state index in [2.05, 4.69) is 10.3 Å². The highest BCUT2D eigenvalue weighted by atomic mass is 32.2. The van der Waals surface area contributed by atoms with E-state index in [1.807, 2.05) is 6.20 Å². The van der Waals surface area contributed by atoms with Crippen molar-refractivity contribution in [3.8, 4) is 5.75 Å². The second-order valence-electron chi connectivity index (χ2n) is 6.17. The molecular weight excluding hydrogens is 335 g/mol. The summed E-state index contributed by atoms with van der Waals surface area (Å²) in [5.74, 6) is -0.160. The van der Waals surface area contributed by atoms with E-state index in [-0.39, 0.29) is 16.7 Å². The van der Waals surface area contributed by atoms with Gasteiger partial charge in [0.25, 0.3) is 0 Å². The number of aromatic nitrogens is 3. The van der Waals surface area contributed by atoms with Gasteiger partial charge >= 0.3 is 0 Å². The van der Waals surface area contributed by atoms with Crippen LogP contribution in [0.3, 0.4) is 0 Å². The van der Waals surface area contributed by atoms with Gasteiger partial charge in [-0.2, -0.15) is 4.31 Å². The fourth-order valence-electron chi connectivity index (χ4n) is 2.77. The van der Waals surface area contributed by atoms with Gasteiger partial charge in [0.05, 0.1) is 23.7 Å². The number of halogens is 1. The topological polar surface area (TPSA) is 77.3 Å². The first kappa shape index (κ1) is 15.5. The lowest BCUT2D eigenvalue weighted by molar-refractivity contribution is 0.188. The van der Waals surface area contributed by atoms with Crippen LogP contribution < -0.4 is 4.74 Å². The van der Waals surface area contributed by atoms with E-state index in [9.17, 15) is 12.8 Å². The van der Waals surface area contributed by atoms with Crippen molar-refractivity contribution >= 4 is 10.0 Å². The molecule has 1 aliphatic heterocycles. The molecule has 1 saturated carbocycles. The van der Waals surface area contributed by atoms with Crippen molar-refractivity contribution in [1.29, 1.82) is 0 Å². The van der Waals surface area contributed by atoms with Crippen LogP contribution in [0.5, 0.6) is 5.75 Å². The van der Waals surface area contributed by atoms with Gasteiger partial charge in [-0.3, -0.25) is 0 Å². The van der Waals surface area contributed by atoms with E-state index in [1.54, 1.807) is 4.68 Å². The Balaban J connectivity index is 1.47. The summed E-state index contributed by atoms with van der Waals surface area (Å²) in [6, 6.07) is 3.63. The Hall–Kier alpha value is -2.00. The molecule has 1 aromatic heterocycles. The molecule has 0 unspecified atom stereocenters. The van der Waals surface area contributed by atoms with Crippen LogP contribution in [-0.4, -0.2) is 47.9 Å². The van der Waals surface area contributed by atoms with Gasteiger partial charge in [0.15, 0.2) is 11.6 Å². The van der Waals surface area contributed by atoms with Gasteiger partial charge in [-0.25, -0.2) is 17.5 Å². The number of nitrogens with zero attached hydrogens (tertiary/aromatic N) is 4. The van der Waals surface area contributed by atoms with E-state index < -0.39 is 15.8 Å². The molecule has 0 atom stereocenters. The third-order valence-electron chi connectivity index (χ3n) is 4.49. The van der Waals surface area contributed by atoms with Crippen LogP contribution in [0.15, 0.2) is 29.3 Å². The van der Waals surface area contributed by atoms with Gasteiger partial charge in [0.1, 0.15) is 0 Å². The SMILES string of the molecule is COc1ccc(S(=O)(=O)N2CC(n3cc(C4CC4)nn3)C2)cc1F. The van der Waals surface area contributed by atoms with Crippen LogP contribution in [0.2, 0.25) is 0 Å². The number of sulfonamides is 1. The number of benzene rings is 1. The minimum Gasteiger partial charge on any atom is -0.494 e. The largest absolute Gasteiger partial charge is 0.494 e. The maximum Gasteiger partial charge on any atom is 0.243 e. The molecule has 24 heavy (non-hydrogen) atoms. The lowest BCUT2D eigenvalue weighted by atomic mass is 10.2. The van der Waals surface area contributed by atoms with Crippen molar-refractivity contribution in [2.24, 2.45) is 0 Å². The summed E-state index contributed by atoms with van der Waals surface area (Å²) in [4.78, 5) is -0.0727. The Morgan fingerprint density at radius 1 is 1.29 bits per heavy atom. The van der Waals surface area contributed by atoms with E-state index in [4.69, 9.17) is 4.74 Å². The van der Waals surface area contributed by atoms with Crippen molar-refractivity contribution in [2.75, 3.05) is 20.2 Å². The highest BCUT2D eigenvalue weighted by molar-refractivity contribution is 7.89. The van der Waals surface area contributed by atoms with Crippen LogP contribution in [0.1, 0.15) is 30.5 Å². The lowest BCUT2D eigenvalue weighted by Crippen LogP contribution is -2.50. The zero-order chi connectivity index (χ0) is 16.9. The lowest BCUT2D eigenvalue weighted by Gasteiger charge is -2.37. The zero-order valence-corrected chi connectivity index (χ0v) is 13.9. The molecule has 2 aromatic rings. The van der Waals surface area contributed by atoms with Crippen LogP contribution in [0, 0.1) is 5.82 Å². The van der Waals surface area contributed by atoms with Crippen molar-refractivity contribution in [1.82, 2.24) is 19.3 Å². The zero-order valence-electron chi connectivity index (χ0n) is 13.1. The predicted octanol–water partition coefficient (Wildman–Crippen LogP) is 1.55. The van der Waals surface area contributed by atoms with Gasteiger partial charge in [-0.15, -0.1) is 5.10 Å². The van der Waals surface area contributed by atoms with Crippen molar-refractivity contribution in [3.63, 3.8) is 0 Å². The first-order chi connectivity index (χ1) is 11.5. The Morgan fingerprint density at radius 3 is 2.67 bits per heavy atom. The van der Waals surface area contributed by atoms with Crippen LogP contribution in [0.4, 0.5) is 4.39 Å². The van der Waals surface area contributed by atoms with Crippen molar-refractivity contribution in [3.05, 3.63) is 35.9 Å². The molecule has 0 N–H and O–H groups in total. The monoisotopic (exact) mass is 352 g/mol. The van der Waals surface area contributed by atoms with E-state index >= 15 is 0 Å². The Labute approximate surface area is 139 Å². The number of ether oxygens (including phenoxy) is 1. The van der Waals surface area contributed by atoms with Crippen molar-refractivity contribution < 1.29 is 17.5 Å². The van der Waals surface area contributed by atoms with Gasteiger partial charge < -0.3 is 4.74 Å². The maximum absolute atomic E-state index is 13.8. The van der Waals surface area contributed by atoms with Crippen LogP contribution in [-0.2, 0) is 10.0 Å². The Kier molecular flexibility index (Phi) is 3.57. The molecule has 128 valence electrons. The second-order valence-corrected chi connectivity index (χ2v) is 8.11. The highest BCUT2D eigenvalue weighted by Crippen LogP contribution is 2.39. The minimum atomic E-state index is -3.71. The molecule has 2 aliphatic rings. The number of hydrogen-bond donors (Lipinski definition) is 0. The molecule has 0 spiro atoms. The molecule has 7 nitrogen and oxygen atoms in total. The molecule has 1 aromatic carbocycles. The fraction of sp³-hybridized carbons (Fsp3) is 0.467. The molecule has 0 radical (unpaired) electrons. The van der Waals surface area contributed by atoms with Gasteiger partial charge in [-0.1, -0.05) is 5.21 Å². The summed E-state index contributed by atoms with van der Waals surface area (Å²) in [5, 5.41) is 8.23. The molecule has 4 rings (SSSR count). The van der Waals surface area contributed by atoms with Gasteiger partial charge in [0, 0.05) is 25.2 Å². The highest BCUT2D eigenvalue weighted by Gasteiger charge is 2.39. The minimum absolute atomic E-state index is 0.0191. The van der Waals surface area contributed by atoms with Crippen LogP contribution in [0.25, 0.3) is 0 Å². The molecule has 2 heterocycles. The maximum atomic E-state index is 13.8. The molecule has 9 heteroatoms. The third kappa shape index (κ3) is 2.57. The second kappa shape index (κ2) is 5.52. The summed E-state index contributed by atoms with van der Waals surface area (Å²) in [6.45, 7) is 0.618. The Bertz CT molecular complexity index is 873. The van der Waals surface area contributed by atoms with Gasteiger partial charge in [-0.05, 0) is 31.0 Å². The number of rotatable bonds is 5. The average molecular weight is 352 g/mol. The number of methoxy groups -OCH3 is 1. The molecule has 1 aliphatic carbocycles. The van der Waals surface area contributed by atoms with Gasteiger partial charge in [0.2, 0.25) is 10.0 Å². The third-order valence-corrected chi connectivity index (χ3v) is 6.32. The fourth-order valence-corrected chi connectivity index (χ4v) is 4.30. The molecule has 0 amide bonds. The van der Waals surface area contributed by atoms with E-state index in [0.29, 0.717) is 19.0 Å². The van der Waals surface area contributed by atoms with Crippen LogP contribution >= 0.6 is 0 Å². The molecule has 0 bridgehead atoms. The summed E-state index contributed by atoms with van der Waals surface area (Å²) in [7, 11) is -2.38. The first-order valence-electron chi connectivity index (χ1n) is 7.74. The summed E-state index contributed by atoms with van der Waals surface area (Å²) >= 11 is 0. The quantitative estimate of drug-likeness (QED) is 0.816. The van der Waals surface area contributed by atoms with E-state index in [0.717, 1.165) is 24.6 Å². The summed E-state index contributed by atoms with van der Waals surface area (Å²) in [5.41, 5.74) is 0.980. The standard InChI is InChI=1S/C15H17FN4O3S/c1-23-15-5-4-12(6-13(15)16)24(21,22)19-7-11(8-19)20-9-14(17-18-20)10-2-3-10/h4-6,9-11H,2-3,7-8H2,1H3. The molecular formula is C15H17FN4O3S. The summed E-state index contributed by atoms with van der Waals surface area (Å²) in [6.07, 6.45) is 4.19. The Morgan fingerprint density at radius 2 is 2.04 bits per heavy atom. The predicted molar refractivity (Wildman–Crippen MR) is 82.7 cm³/mol. The molecule has 2 fully saturated rings. The summed E-state index contributed by atoms with van der Waals surface area (Å²) < 4.78 is 46.7. The normalized spacial score (nSPS) is 19.2. The first-order valence-corrected chi connectivity index (χ1v) is 9.18. The smallest absolute Gasteiger partial charge is 0.243 e. The molecule has 1 saturated heterocycles.